The van der Waals surface area contributed by atoms with Crippen molar-refractivity contribution in [1.29, 1.82) is 10.5 Å². The van der Waals surface area contributed by atoms with Crippen LogP contribution in [0.5, 0.6) is 5.75 Å². The summed E-state index contributed by atoms with van der Waals surface area (Å²) < 4.78 is 11.0. The SMILES string of the molecule is COc1ccc(C2C(C#N)=C(N)OC3=C2c2sc(N)c(C#N)c2CC3)cc1. The van der Waals surface area contributed by atoms with Gasteiger partial charge in [0, 0.05) is 16.9 Å². The van der Waals surface area contributed by atoms with Crippen LogP contribution in [0, 0.1) is 22.7 Å². The molecule has 1 aromatic heterocycles. The molecule has 2 aromatic rings. The molecule has 0 fully saturated rings. The Morgan fingerprint density at radius 1 is 1.15 bits per heavy atom. The fourth-order valence-corrected chi connectivity index (χ4v) is 4.84. The fraction of sp³-hybridized carbons (Fsp3) is 0.200. The molecule has 0 amide bonds. The lowest BCUT2D eigenvalue weighted by atomic mass is 9.78. The normalized spacial score (nSPS) is 18.1. The monoisotopic (exact) mass is 376 g/mol. The van der Waals surface area contributed by atoms with E-state index in [1.807, 2.05) is 24.3 Å². The minimum atomic E-state index is -0.367. The van der Waals surface area contributed by atoms with E-state index in [-0.39, 0.29) is 11.8 Å². The number of thiophene rings is 1. The van der Waals surface area contributed by atoms with E-state index in [0.717, 1.165) is 33.1 Å². The number of nitrogens with two attached hydrogens (primary N) is 2. The van der Waals surface area contributed by atoms with Gasteiger partial charge in [-0.25, -0.2) is 0 Å². The lowest BCUT2D eigenvalue weighted by molar-refractivity contribution is 0.274. The van der Waals surface area contributed by atoms with Crippen molar-refractivity contribution in [3.05, 3.63) is 63.0 Å². The molecule has 2 heterocycles. The molecule has 1 unspecified atom stereocenters. The van der Waals surface area contributed by atoms with Crippen LogP contribution in [0.15, 0.2) is 41.5 Å². The minimum Gasteiger partial charge on any atom is -0.497 e. The smallest absolute Gasteiger partial charge is 0.205 e. The van der Waals surface area contributed by atoms with Gasteiger partial charge in [0.15, 0.2) is 0 Å². The summed E-state index contributed by atoms with van der Waals surface area (Å²) >= 11 is 1.37. The Bertz CT molecular complexity index is 1080. The van der Waals surface area contributed by atoms with E-state index in [1.54, 1.807) is 7.11 Å². The van der Waals surface area contributed by atoms with Crippen molar-refractivity contribution in [2.24, 2.45) is 5.73 Å². The highest BCUT2D eigenvalue weighted by Crippen LogP contribution is 2.52. The minimum absolute atomic E-state index is 0.130. The number of rotatable bonds is 2. The second-order valence-corrected chi connectivity index (χ2v) is 7.35. The summed E-state index contributed by atoms with van der Waals surface area (Å²) in [5, 5.41) is 19.7. The number of methoxy groups -OCH3 is 1. The highest BCUT2D eigenvalue weighted by Gasteiger charge is 2.38. The van der Waals surface area contributed by atoms with Crippen LogP contribution in [0.4, 0.5) is 5.00 Å². The third-order valence-corrected chi connectivity index (χ3v) is 6.03. The molecule has 0 radical (unpaired) electrons. The van der Waals surface area contributed by atoms with Gasteiger partial charge in [0.05, 0.1) is 18.6 Å². The largest absolute Gasteiger partial charge is 0.497 e. The van der Waals surface area contributed by atoms with E-state index < -0.39 is 0 Å². The maximum absolute atomic E-state index is 9.75. The number of nitrogens with zero attached hydrogens (tertiary/aromatic N) is 2. The topological polar surface area (TPSA) is 118 Å². The van der Waals surface area contributed by atoms with Crippen LogP contribution in [0.1, 0.15) is 33.9 Å². The first-order valence-corrected chi connectivity index (χ1v) is 9.16. The van der Waals surface area contributed by atoms with E-state index in [0.29, 0.717) is 29.0 Å². The molecular weight excluding hydrogens is 360 g/mol. The summed E-state index contributed by atoms with van der Waals surface area (Å²) in [7, 11) is 1.61. The zero-order valence-corrected chi connectivity index (χ0v) is 15.4. The Kier molecular flexibility index (Phi) is 4.02. The Balaban J connectivity index is 1.94. The van der Waals surface area contributed by atoms with Crippen LogP contribution in [0.3, 0.4) is 0 Å². The predicted octanol–water partition coefficient (Wildman–Crippen LogP) is 3.38. The molecule has 134 valence electrons. The van der Waals surface area contributed by atoms with Gasteiger partial charge in [-0.1, -0.05) is 12.1 Å². The van der Waals surface area contributed by atoms with Crippen LogP contribution in [-0.4, -0.2) is 7.11 Å². The fourth-order valence-electron chi connectivity index (χ4n) is 3.69. The summed E-state index contributed by atoms with van der Waals surface area (Å²) in [6.45, 7) is 0. The molecule has 1 aliphatic heterocycles. The zero-order chi connectivity index (χ0) is 19.1. The number of anilines is 1. The summed E-state index contributed by atoms with van der Waals surface area (Å²) in [6, 6.07) is 11.9. The Morgan fingerprint density at radius 3 is 2.52 bits per heavy atom. The molecule has 27 heavy (non-hydrogen) atoms. The third-order valence-electron chi connectivity index (χ3n) is 4.94. The molecule has 1 atom stereocenters. The van der Waals surface area contributed by atoms with Crippen LogP contribution in [0.2, 0.25) is 0 Å². The maximum atomic E-state index is 9.75. The summed E-state index contributed by atoms with van der Waals surface area (Å²) in [5.41, 5.74) is 15.7. The van der Waals surface area contributed by atoms with E-state index >= 15 is 0 Å². The molecule has 0 saturated heterocycles. The summed E-state index contributed by atoms with van der Waals surface area (Å²) in [6.07, 6.45) is 1.27. The van der Waals surface area contributed by atoms with E-state index in [9.17, 15) is 10.5 Å². The number of fused-ring (bicyclic) bond motifs is 2. The predicted molar refractivity (Wildman–Crippen MR) is 102 cm³/mol. The second-order valence-electron chi connectivity index (χ2n) is 6.30. The van der Waals surface area contributed by atoms with Gasteiger partial charge in [0.25, 0.3) is 0 Å². The van der Waals surface area contributed by atoms with Crippen molar-refractivity contribution in [2.45, 2.75) is 18.8 Å². The Labute approximate surface area is 160 Å². The first-order valence-electron chi connectivity index (χ1n) is 8.35. The number of hydrogen-bond acceptors (Lipinski definition) is 7. The van der Waals surface area contributed by atoms with Crippen molar-refractivity contribution in [2.75, 3.05) is 12.8 Å². The van der Waals surface area contributed by atoms with E-state index in [2.05, 4.69) is 12.1 Å². The Morgan fingerprint density at radius 2 is 1.89 bits per heavy atom. The first kappa shape index (κ1) is 17.0. The van der Waals surface area contributed by atoms with Crippen LogP contribution >= 0.6 is 11.3 Å². The molecule has 4 N–H and O–H groups in total. The van der Waals surface area contributed by atoms with Crippen LogP contribution in [0.25, 0.3) is 5.57 Å². The van der Waals surface area contributed by atoms with Gasteiger partial charge in [-0.3, -0.25) is 0 Å². The number of ether oxygens (including phenoxy) is 2. The third kappa shape index (κ3) is 2.52. The number of nitrogen functional groups attached to an aromatic ring is 1. The van der Waals surface area contributed by atoms with Gasteiger partial charge in [-0.05, 0) is 29.7 Å². The van der Waals surface area contributed by atoms with E-state index in [1.165, 1.54) is 11.3 Å². The maximum Gasteiger partial charge on any atom is 0.205 e. The van der Waals surface area contributed by atoms with Gasteiger partial charge in [0.2, 0.25) is 5.88 Å². The number of hydrogen-bond donors (Lipinski definition) is 2. The summed E-state index contributed by atoms with van der Waals surface area (Å²) in [4.78, 5) is 0.909. The lowest BCUT2D eigenvalue weighted by Gasteiger charge is -2.32. The van der Waals surface area contributed by atoms with Crippen molar-refractivity contribution in [3.8, 4) is 17.9 Å². The molecule has 2 aliphatic rings. The standard InChI is InChI=1S/C20H16N4O2S/c1-25-11-4-2-10(3-5-11)16-14(9-22)19(23)26-15-7-6-12-13(8-21)20(24)27-18(12)17(15)16/h2-5,16H,6-7,23-24H2,1H3. The quantitative estimate of drug-likeness (QED) is 0.829. The molecule has 0 bridgehead atoms. The molecule has 0 saturated carbocycles. The van der Waals surface area contributed by atoms with Gasteiger partial charge in [0.1, 0.15) is 34.2 Å². The van der Waals surface area contributed by atoms with Crippen molar-refractivity contribution in [1.82, 2.24) is 0 Å². The van der Waals surface area contributed by atoms with Gasteiger partial charge >= 0.3 is 0 Å². The molecule has 1 aromatic carbocycles. The molecule has 0 spiro atoms. The van der Waals surface area contributed by atoms with Gasteiger partial charge < -0.3 is 20.9 Å². The van der Waals surface area contributed by atoms with Gasteiger partial charge in [-0.2, -0.15) is 10.5 Å². The van der Waals surface area contributed by atoms with Crippen molar-refractivity contribution < 1.29 is 9.47 Å². The molecular formula is C20H16N4O2S. The van der Waals surface area contributed by atoms with E-state index in [4.69, 9.17) is 20.9 Å². The summed E-state index contributed by atoms with van der Waals surface area (Å²) in [5.74, 6) is 1.23. The average molecular weight is 376 g/mol. The Hall–Kier alpha value is -3.42. The molecule has 4 rings (SSSR count). The van der Waals surface area contributed by atoms with Crippen LogP contribution in [-0.2, 0) is 11.2 Å². The highest BCUT2D eigenvalue weighted by molar-refractivity contribution is 7.17. The van der Waals surface area contributed by atoms with Gasteiger partial charge in [-0.15, -0.1) is 11.3 Å². The van der Waals surface area contributed by atoms with Crippen molar-refractivity contribution in [3.63, 3.8) is 0 Å². The molecule has 1 aliphatic carbocycles. The van der Waals surface area contributed by atoms with Crippen LogP contribution < -0.4 is 16.2 Å². The molecule has 7 heteroatoms. The molecule has 6 nitrogen and oxygen atoms in total. The lowest BCUT2D eigenvalue weighted by Crippen LogP contribution is -2.22. The van der Waals surface area contributed by atoms with Crippen molar-refractivity contribution >= 4 is 21.9 Å². The number of nitriles is 2. The second kappa shape index (κ2) is 6.39. The zero-order valence-electron chi connectivity index (χ0n) is 14.6. The first-order chi connectivity index (χ1) is 13.1. The average Bonchev–Trinajstić information content (AvgIpc) is 3.02. The number of benzene rings is 1. The highest BCUT2D eigenvalue weighted by atomic mass is 32.1. The number of allylic oxidation sites excluding steroid dienone is 3.